The Balaban J connectivity index is 2.80. The van der Waals surface area contributed by atoms with E-state index >= 15 is 0 Å². The van der Waals surface area contributed by atoms with Crippen molar-refractivity contribution in [3.63, 3.8) is 0 Å². The van der Waals surface area contributed by atoms with Crippen LogP contribution in [0.1, 0.15) is 25.7 Å². The zero-order chi connectivity index (χ0) is 7.61. The summed E-state index contributed by atoms with van der Waals surface area (Å²) in [5, 5.41) is 0. The molecule has 1 atom stereocenters. The molecule has 1 rings (SSSR count). The van der Waals surface area contributed by atoms with Gasteiger partial charge in [0.1, 0.15) is 4.75 Å². The summed E-state index contributed by atoms with van der Waals surface area (Å²) in [5.41, 5.74) is 0. The average molecular weight is 158 g/mol. The molecule has 10 heavy (non-hydrogen) atoms. The Labute approximate surface area is 63.3 Å². The highest BCUT2D eigenvalue weighted by Crippen LogP contribution is 2.33. The van der Waals surface area contributed by atoms with Gasteiger partial charge in [-0.25, -0.2) is 4.21 Å². The molecule has 1 aliphatic rings. The van der Waals surface area contributed by atoms with Crippen LogP contribution in [0.3, 0.4) is 0 Å². The van der Waals surface area contributed by atoms with Gasteiger partial charge in [-0.1, -0.05) is 18.8 Å². The zero-order valence-corrected chi connectivity index (χ0v) is 6.49. The Morgan fingerprint density at radius 1 is 1.50 bits per heavy atom. The zero-order valence-electron chi connectivity index (χ0n) is 5.67. The van der Waals surface area contributed by atoms with E-state index in [9.17, 15) is 4.21 Å². The van der Waals surface area contributed by atoms with Crippen molar-refractivity contribution in [3.05, 3.63) is 0 Å². The van der Waals surface area contributed by atoms with Gasteiger partial charge in [0.25, 0.3) is 0 Å². The van der Waals surface area contributed by atoms with Crippen LogP contribution >= 0.6 is 0 Å². The molecule has 2 nitrogen and oxygen atoms in total. The monoisotopic (exact) mass is 158 g/mol. The van der Waals surface area contributed by atoms with E-state index in [0.29, 0.717) is 12.8 Å². The Bertz CT molecular complexity index is 186. The fourth-order valence-electron chi connectivity index (χ4n) is 1.32. The van der Waals surface area contributed by atoms with Gasteiger partial charge in [-0.2, -0.15) is 0 Å². The second-order valence-corrected chi connectivity index (χ2v) is 3.87. The maximum atomic E-state index is 10.7. The van der Waals surface area contributed by atoms with Crippen LogP contribution in [-0.4, -0.2) is 13.5 Å². The molecule has 56 valence electrons. The van der Waals surface area contributed by atoms with Crippen molar-refractivity contribution in [2.75, 3.05) is 0 Å². The number of hydrogen-bond donors (Lipinski definition) is 1. The number of hydrogen-bond acceptors (Lipinski definition) is 1. The van der Waals surface area contributed by atoms with Gasteiger partial charge in [-0.3, -0.25) is 0 Å². The molecule has 0 bridgehead atoms. The van der Waals surface area contributed by atoms with Crippen LogP contribution in [-0.2, 0) is 11.1 Å². The highest BCUT2D eigenvalue weighted by atomic mass is 32.2. The largest absolute Gasteiger partial charge is 0.305 e. The maximum Gasteiger partial charge on any atom is 0.171 e. The first-order chi connectivity index (χ1) is 4.71. The summed E-state index contributed by atoms with van der Waals surface area (Å²) in [6.07, 6.45) is 8.53. The fourth-order valence-corrected chi connectivity index (χ4v) is 2.05. The summed E-state index contributed by atoms with van der Waals surface area (Å²) < 4.78 is 18.8. The van der Waals surface area contributed by atoms with E-state index in [1.165, 1.54) is 0 Å². The van der Waals surface area contributed by atoms with Crippen molar-refractivity contribution >= 4 is 11.1 Å². The predicted octanol–water partition coefficient (Wildman–Crippen LogP) is 1.15. The molecule has 0 aromatic heterocycles. The van der Waals surface area contributed by atoms with E-state index in [1.54, 1.807) is 0 Å². The van der Waals surface area contributed by atoms with Crippen molar-refractivity contribution < 1.29 is 8.76 Å². The van der Waals surface area contributed by atoms with Crippen LogP contribution in [0.5, 0.6) is 0 Å². The van der Waals surface area contributed by atoms with E-state index in [-0.39, 0.29) is 0 Å². The first kappa shape index (κ1) is 7.77. The number of rotatable bonds is 1. The van der Waals surface area contributed by atoms with Crippen LogP contribution in [0.4, 0.5) is 0 Å². The van der Waals surface area contributed by atoms with E-state index in [4.69, 9.17) is 11.0 Å². The van der Waals surface area contributed by atoms with Gasteiger partial charge in [-0.15, -0.1) is 6.42 Å². The minimum atomic E-state index is -1.84. The molecule has 0 saturated heterocycles. The van der Waals surface area contributed by atoms with Crippen molar-refractivity contribution in [2.24, 2.45) is 0 Å². The van der Waals surface area contributed by atoms with E-state index < -0.39 is 15.8 Å². The maximum absolute atomic E-state index is 10.7. The third-order valence-corrected chi connectivity index (χ3v) is 3.20. The molecule has 1 aliphatic carbocycles. The summed E-state index contributed by atoms with van der Waals surface area (Å²) in [6.45, 7) is 0. The summed E-state index contributed by atoms with van der Waals surface area (Å²) in [6, 6.07) is 0. The Morgan fingerprint density at radius 3 is 2.20 bits per heavy atom. The lowest BCUT2D eigenvalue weighted by molar-refractivity contribution is 0.528. The second-order valence-electron chi connectivity index (χ2n) is 2.59. The Hall–Kier alpha value is -0.330. The third-order valence-electron chi connectivity index (χ3n) is 2.01. The van der Waals surface area contributed by atoms with E-state index in [0.717, 1.165) is 12.8 Å². The molecule has 0 heterocycles. The Kier molecular flexibility index (Phi) is 2.12. The lowest BCUT2D eigenvalue weighted by Crippen LogP contribution is -2.27. The van der Waals surface area contributed by atoms with Gasteiger partial charge in [0.15, 0.2) is 11.1 Å². The normalized spacial score (nSPS) is 25.6. The molecule has 1 unspecified atom stereocenters. The van der Waals surface area contributed by atoms with Crippen LogP contribution in [0.2, 0.25) is 0 Å². The average Bonchev–Trinajstić information content (AvgIpc) is 2.35. The standard InChI is InChI=1S/C7H10O2S/c1-2-7(10(8)9)5-3-4-6-7/h1H,3-6H2,(H,8,9). The van der Waals surface area contributed by atoms with Crippen LogP contribution < -0.4 is 0 Å². The quantitative estimate of drug-likeness (QED) is 0.459. The van der Waals surface area contributed by atoms with Crippen molar-refractivity contribution in [2.45, 2.75) is 30.4 Å². The van der Waals surface area contributed by atoms with Crippen LogP contribution in [0.15, 0.2) is 0 Å². The third kappa shape index (κ3) is 1.09. The van der Waals surface area contributed by atoms with Gasteiger partial charge in [0.2, 0.25) is 0 Å². The summed E-state index contributed by atoms with van der Waals surface area (Å²) >= 11 is -1.84. The molecular weight excluding hydrogens is 148 g/mol. The predicted molar refractivity (Wildman–Crippen MR) is 40.8 cm³/mol. The van der Waals surface area contributed by atoms with Gasteiger partial charge >= 0.3 is 0 Å². The smallest absolute Gasteiger partial charge is 0.171 e. The molecular formula is C7H10O2S. The van der Waals surface area contributed by atoms with E-state index in [1.807, 2.05) is 0 Å². The van der Waals surface area contributed by atoms with Gasteiger partial charge in [0.05, 0.1) is 0 Å². The molecule has 0 spiro atoms. The van der Waals surface area contributed by atoms with E-state index in [2.05, 4.69) is 5.92 Å². The minimum Gasteiger partial charge on any atom is -0.305 e. The van der Waals surface area contributed by atoms with Gasteiger partial charge in [0, 0.05) is 0 Å². The topological polar surface area (TPSA) is 37.3 Å². The molecule has 3 heteroatoms. The second kappa shape index (κ2) is 2.73. The lowest BCUT2D eigenvalue weighted by Gasteiger charge is -2.15. The van der Waals surface area contributed by atoms with Crippen LogP contribution in [0, 0.1) is 12.3 Å². The van der Waals surface area contributed by atoms with Gasteiger partial charge in [-0.05, 0) is 12.8 Å². The highest BCUT2D eigenvalue weighted by molar-refractivity contribution is 7.81. The number of terminal acetylenes is 1. The summed E-state index contributed by atoms with van der Waals surface area (Å²) in [7, 11) is 0. The molecule has 1 saturated carbocycles. The molecule has 0 radical (unpaired) electrons. The first-order valence-corrected chi connectivity index (χ1v) is 4.41. The molecule has 0 aliphatic heterocycles. The molecule has 0 amide bonds. The fraction of sp³-hybridized carbons (Fsp3) is 0.714. The molecule has 1 N–H and O–H groups in total. The minimum absolute atomic E-state index is 0.701. The van der Waals surface area contributed by atoms with Crippen molar-refractivity contribution in [1.82, 2.24) is 0 Å². The highest BCUT2D eigenvalue weighted by Gasteiger charge is 2.37. The van der Waals surface area contributed by atoms with Crippen molar-refractivity contribution in [1.29, 1.82) is 0 Å². The summed E-state index contributed by atoms with van der Waals surface area (Å²) in [5.74, 6) is 2.43. The molecule has 0 aromatic carbocycles. The van der Waals surface area contributed by atoms with Crippen molar-refractivity contribution in [3.8, 4) is 12.3 Å². The summed E-state index contributed by atoms with van der Waals surface area (Å²) in [4.78, 5) is 0. The van der Waals surface area contributed by atoms with Gasteiger partial charge < -0.3 is 4.55 Å². The molecule has 0 aromatic rings. The molecule has 1 fully saturated rings. The Morgan fingerprint density at radius 2 is 2.00 bits per heavy atom. The SMILES string of the molecule is C#CC1(S(=O)O)CCCC1. The van der Waals surface area contributed by atoms with Crippen LogP contribution in [0.25, 0.3) is 0 Å². The lowest BCUT2D eigenvalue weighted by atomic mass is 10.1. The first-order valence-electron chi connectivity index (χ1n) is 3.30.